The topological polar surface area (TPSA) is 131 Å². The van der Waals surface area contributed by atoms with Gasteiger partial charge in [0.05, 0.1) is 4.90 Å². The molecule has 0 bridgehead atoms. The van der Waals surface area contributed by atoms with Crippen LogP contribution in [0.4, 0.5) is 10.5 Å². The molecule has 0 aliphatic carbocycles. The number of imide groups is 1. The number of anilines is 1. The maximum absolute atomic E-state index is 13.1. The number of fused-ring (bicyclic) bond motifs is 1. The van der Waals surface area contributed by atoms with E-state index in [2.05, 4.69) is 10.6 Å². The van der Waals surface area contributed by atoms with Gasteiger partial charge in [0.25, 0.3) is 5.91 Å². The number of nitrogens with one attached hydrogen (secondary N) is 2. The summed E-state index contributed by atoms with van der Waals surface area (Å²) in [5, 5.41) is 5.19. The van der Waals surface area contributed by atoms with E-state index in [-0.39, 0.29) is 4.90 Å². The van der Waals surface area contributed by atoms with Gasteiger partial charge in [-0.2, -0.15) is 0 Å². The highest BCUT2D eigenvalue weighted by atomic mass is 32.2. The molecule has 2 aromatic carbocycles. The predicted molar refractivity (Wildman–Crippen MR) is 113 cm³/mol. The molecule has 11 heteroatoms. The van der Waals surface area contributed by atoms with Crippen LogP contribution in [0.15, 0.2) is 47.4 Å². The van der Waals surface area contributed by atoms with Crippen LogP contribution in [-0.2, 0) is 25.0 Å². The molecule has 0 radical (unpaired) electrons. The van der Waals surface area contributed by atoms with Gasteiger partial charge in [0.1, 0.15) is 25.3 Å². The number of sulfone groups is 1. The van der Waals surface area contributed by atoms with Gasteiger partial charge in [0, 0.05) is 11.9 Å². The van der Waals surface area contributed by atoms with Crippen LogP contribution in [-0.4, -0.2) is 57.2 Å². The molecule has 0 saturated carbocycles. The molecule has 4 amide bonds. The number of amides is 4. The standard InChI is InChI=1S/C21H21N3O7S/c1-21(13-3-8-16-17(11-13)31-10-9-30-16)19(26)24(20(27)23-21)12-18(25)22-14-4-6-15(7-5-14)32(2,28)29/h3-8,11H,9-10,12H2,1-2H3,(H,22,25)(H,23,27)/t21-/m0/s1. The molecule has 168 valence electrons. The van der Waals surface area contributed by atoms with E-state index in [0.29, 0.717) is 36.0 Å². The number of hydrogen-bond donors (Lipinski definition) is 2. The molecule has 0 aromatic heterocycles. The Balaban J connectivity index is 1.47. The zero-order valence-electron chi connectivity index (χ0n) is 17.4. The molecule has 4 rings (SSSR count). The van der Waals surface area contributed by atoms with Gasteiger partial charge < -0.3 is 20.1 Å². The highest BCUT2D eigenvalue weighted by Gasteiger charge is 2.49. The van der Waals surface area contributed by atoms with E-state index in [0.717, 1.165) is 11.2 Å². The first-order valence-electron chi connectivity index (χ1n) is 9.72. The number of urea groups is 1. The van der Waals surface area contributed by atoms with Gasteiger partial charge in [-0.25, -0.2) is 13.2 Å². The molecule has 2 N–H and O–H groups in total. The third-order valence-corrected chi connectivity index (χ3v) is 6.39. The van der Waals surface area contributed by atoms with Crippen LogP contribution >= 0.6 is 0 Å². The first-order valence-corrected chi connectivity index (χ1v) is 11.6. The van der Waals surface area contributed by atoms with Crippen molar-refractivity contribution in [2.75, 3.05) is 31.3 Å². The maximum Gasteiger partial charge on any atom is 0.325 e. The van der Waals surface area contributed by atoms with E-state index in [1.54, 1.807) is 25.1 Å². The Kier molecular flexibility index (Phi) is 5.29. The number of rotatable bonds is 5. The highest BCUT2D eigenvalue weighted by molar-refractivity contribution is 7.90. The van der Waals surface area contributed by atoms with Crippen molar-refractivity contribution in [1.29, 1.82) is 0 Å². The fourth-order valence-electron chi connectivity index (χ4n) is 3.52. The van der Waals surface area contributed by atoms with Gasteiger partial charge in [0.2, 0.25) is 5.91 Å². The summed E-state index contributed by atoms with van der Waals surface area (Å²) in [7, 11) is -3.36. The van der Waals surface area contributed by atoms with Crippen LogP contribution in [0, 0.1) is 0 Å². The third-order valence-electron chi connectivity index (χ3n) is 5.26. The first kappa shape index (κ1) is 21.6. The molecule has 1 fully saturated rings. The maximum atomic E-state index is 13.1. The molecular formula is C21H21N3O7S. The van der Waals surface area contributed by atoms with Gasteiger partial charge >= 0.3 is 6.03 Å². The van der Waals surface area contributed by atoms with Crippen molar-refractivity contribution in [3.63, 3.8) is 0 Å². The van der Waals surface area contributed by atoms with E-state index < -0.39 is 39.8 Å². The number of nitrogens with zero attached hydrogens (tertiary/aromatic N) is 1. The van der Waals surface area contributed by atoms with Crippen molar-refractivity contribution in [3.05, 3.63) is 48.0 Å². The molecule has 1 atom stereocenters. The van der Waals surface area contributed by atoms with Crippen molar-refractivity contribution in [2.24, 2.45) is 0 Å². The Morgan fingerprint density at radius 1 is 1.09 bits per heavy atom. The summed E-state index contributed by atoms with van der Waals surface area (Å²) in [5.74, 6) is -0.155. The average Bonchev–Trinajstić information content (AvgIpc) is 2.97. The Bertz CT molecular complexity index is 1210. The minimum atomic E-state index is -3.36. The van der Waals surface area contributed by atoms with Gasteiger partial charge in [-0.1, -0.05) is 6.07 Å². The normalized spacial score (nSPS) is 20.1. The summed E-state index contributed by atoms with van der Waals surface area (Å²) in [6.07, 6.45) is 1.08. The summed E-state index contributed by atoms with van der Waals surface area (Å²) in [4.78, 5) is 39.0. The predicted octanol–water partition coefficient (Wildman–Crippen LogP) is 1.27. The van der Waals surface area contributed by atoms with E-state index in [4.69, 9.17) is 9.47 Å². The lowest BCUT2D eigenvalue weighted by molar-refractivity contribution is -0.133. The molecule has 2 aromatic rings. The minimum Gasteiger partial charge on any atom is -0.486 e. The SMILES string of the molecule is C[C@@]1(c2ccc3c(c2)OCCO3)NC(=O)N(CC(=O)Nc2ccc(S(C)(=O)=O)cc2)C1=O. The second-order valence-electron chi connectivity index (χ2n) is 7.65. The average molecular weight is 459 g/mol. The summed E-state index contributed by atoms with van der Waals surface area (Å²) in [6, 6.07) is 9.85. The first-order chi connectivity index (χ1) is 15.1. The lowest BCUT2D eigenvalue weighted by Crippen LogP contribution is -2.42. The van der Waals surface area contributed by atoms with Crippen LogP contribution in [0.2, 0.25) is 0 Å². The van der Waals surface area contributed by atoms with Crippen LogP contribution in [0.5, 0.6) is 11.5 Å². The lowest BCUT2D eigenvalue weighted by Gasteiger charge is -2.25. The number of carbonyl (C=O) groups is 3. The highest BCUT2D eigenvalue weighted by Crippen LogP contribution is 2.36. The van der Waals surface area contributed by atoms with E-state index in [1.165, 1.54) is 24.3 Å². The number of hydrogen-bond acceptors (Lipinski definition) is 7. The summed E-state index contributed by atoms with van der Waals surface area (Å²) < 4.78 is 34.1. The molecule has 1 saturated heterocycles. The summed E-state index contributed by atoms with van der Waals surface area (Å²) in [6.45, 7) is 1.86. The summed E-state index contributed by atoms with van der Waals surface area (Å²) >= 11 is 0. The van der Waals surface area contributed by atoms with Gasteiger partial charge in [-0.05, 0) is 48.9 Å². The van der Waals surface area contributed by atoms with Crippen LogP contribution in [0.3, 0.4) is 0 Å². The second kappa shape index (κ2) is 7.83. The van der Waals surface area contributed by atoms with Crippen molar-refractivity contribution in [1.82, 2.24) is 10.2 Å². The number of carbonyl (C=O) groups excluding carboxylic acids is 3. The Hall–Kier alpha value is -3.60. The Morgan fingerprint density at radius 2 is 1.75 bits per heavy atom. The van der Waals surface area contributed by atoms with E-state index in [1.807, 2.05) is 0 Å². The van der Waals surface area contributed by atoms with Crippen molar-refractivity contribution in [2.45, 2.75) is 17.4 Å². The zero-order valence-corrected chi connectivity index (χ0v) is 18.2. The fraction of sp³-hybridized carbons (Fsp3) is 0.286. The summed E-state index contributed by atoms with van der Waals surface area (Å²) in [5.41, 5.74) is -0.534. The molecule has 2 heterocycles. The van der Waals surface area contributed by atoms with Crippen molar-refractivity contribution in [3.8, 4) is 11.5 Å². The molecular weight excluding hydrogens is 438 g/mol. The zero-order chi connectivity index (χ0) is 23.1. The lowest BCUT2D eigenvalue weighted by atomic mass is 9.91. The van der Waals surface area contributed by atoms with Crippen LogP contribution in [0.25, 0.3) is 0 Å². The molecule has 2 aliphatic rings. The molecule has 2 aliphatic heterocycles. The Labute approximate surface area is 184 Å². The Morgan fingerprint density at radius 3 is 2.41 bits per heavy atom. The van der Waals surface area contributed by atoms with Crippen molar-refractivity contribution < 1.29 is 32.3 Å². The van der Waals surface area contributed by atoms with E-state index >= 15 is 0 Å². The monoisotopic (exact) mass is 459 g/mol. The molecule has 10 nitrogen and oxygen atoms in total. The smallest absolute Gasteiger partial charge is 0.325 e. The van der Waals surface area contributed by atoms with Gasteiger partial charge in [-0.15, -0.1) is 0 Å². The van der Waals surface area contributed by atoms with E-state index in [9.17, 15) is 22.8 Å². The fourth-order valence-corrected chi connectivity index (χ4v) is 4.15. The molecule has 0 unspecified atom stereocenters. The van der Waals surface area contributed by atoms with Gasteiger partial charge in [-0.3, -0.25) is 14.5 Å². The van der Waals surface area contributed by atoms with Crippen molar-refractivity contribution >= 4 is 33.4 Å². The number of ether oxygens (including phenoxy) is 2. The minimum absolute atomic E-state index is 0.111. The largest absolute Gasteiger partial charge is 0.486 e. The number of benzene rings is 2. The van der Waals surface area contributed by atoms with Crippen LogP contribution in [0.1, 0.15) is 12.5 Å². The molecule has 32 heavy (non-hydrogen) atoms. The quantitative estimate of drug-likeness (QED) is 0.644. The molecule has 0 spiro atoms. The second-order valence-corrected chi connectivity index (χ2v) is 9.67. The van der Waals surface area contributed by atoms with Crippen LogP contribution < -0.4 is 20.1 Å². The third kappa shape index (κ3) is 3.98. The van der Waals surface area contributed by atoms with Gasteiger partial charge in [0.15, 0.2) is 21.3 Å².